The van der Waals surface area contributed by atoms with Gasteiger partial charge in [-0.1, -0.05) is 19.9 Å². The van der Waals surface area contributed by atoms with E-state index in [2.05, 4.69) is 26.8 Å². The molecule has 0 bridgehead atoms. The summed E-state index contributed by atoms with van der Waals surface area (Å²) in [6.45, 7) is 7.02. The summed E-state index contributed by atoms with van der Waals surface area (Å²) in [5, 5.41) is 29.9. The van der Waals surface area contributed by atoms with Gasteiger partial charge in [-0.25, -0.2) is 4.39 Å². The highest BCUT2D eigenvalue weighted by Gasteiger charge is 2.05. The Bertz CT molecular complexity index is 1690. The van der Waals surface area contributed by atoms with Gasteiger partial charge in [0.05, 0.1) is 16.6 Å². The van der Waals surface area contributed by atoms with Crippen molar-refractivity contribution >= 4 is 38.4 Å². The number of aromatic hydroxyl groups is 3. The number of pyridine rings is 3. The van der Waals surface area contributed by atoms with Gasteiger partial charge < -0.3 is 20.2 Å². The number of fused-ring (bicyclic) bond motifs is 3. The first-order chi connectivity index (χ1) is 19.4. The van der Waals surface area contributed by atoms with Gasteiger partial charge in [-0.15, -0.1) is 0 Å². The molecule has 0 aliphatic rings. The van der Waals surface area contributed by atoms with Crippen LogP contribution in [0.1, 0.15) is 20.8 Å². The van der Waals surface area contributed by atoms with E-state index in [0.717, 1.165) is 34.0 Å². The molecule has 0 amide bonds. The lowest BCUT2D eigenvalue weighted by Gasteiger charge is -2.18. The molecular formula is C32H33FN4O3. The molecule has 0 saturated heterocycles. The van der Waals surface area contributed by atoms with Crippen LogP contribution in [0.2, 0.25) is 0 Å². The Balaban J connectivity index is 0.000000162. The maximum atomic E-state index is 13.0. The number of hydrogen-bond acceptors (Lipinski definition) is 7. The predicted molar refractivity (Wildman–Crippen MR) is 160 cm³/mol. The highest BCUT2D eigenvalue weighted by molar-refractivity contribution is 5.92. The third-order valence-corrected chi connectivity index (χ3v) is 5.85. The van der Waals surface area contributed by atoms with Crippen LogP contribution >= 0.6 is 0 Å². The zero-order chi connectivity index (χ0) is 29.1. The summed E-state index contributed by atoms with van der Waals surface area (Å²) in [5.74, 6) is 0.247. The minimum atomic E-state index is -0.365. The first-order valence-corrected chi connectivity index (χ1v) is 12.9. The Morgan fingerprint density at radius 2 is 1.18 bits per heavy atom. The molecule has 6 rings (SSSR count). The summed E-state index contributed by atoms with van der Waals surface area (Å²) in [7, 11) is 2.03. The molecule has 40 heavy (non-hydrogen) atoms. The Morgan fingerprint density at radius 1 is 0.650 bits per heavy atom. The molecule has 0 aliphatic carbocycles. The number of phenols is 3. The normalized spacial score (nSPS) is 10.0. The van der Waals surface area contributed by atoms with E-state index in [9.17, 15) is 9.50 Å². The number of phenolic OH excluding ortho intramolecular Hbond substituents is 3. The van der Waals surface area contributed by atoms with E-state index in [1.165, 1.54) is 24.4 Å². The van der Waals surface area contributed by atoms with Crippen molar-refractivity contribution in [3.63, 3.8) is 0 Å². The third kappa shape index (κ3) is 7.54. The van der Waals surface area contributed by atoms with Crippen LogP contribution < -0.4 is 4.90 Å². The van der Waals surface area contributed by atoms with Crippen molar-refractivity contribution in [2.75, 3.05) is 18.5 Å². The van der Waals surface area contributed by atoms with Crippen molar-refractivity contribution in [1.29, 1.82) is 0 Å². The van der Waals surface area contributed by atoms with Gasteiger partial charge in [-0.05, 0) is 79.7 Å². The van der Waals surface area contributed by atoms with Crippen LogP contribution in [0.4, 0.5) is 10.1 Å². The van der Waals surface area contributed by atoms with Crippen molar-refractivity contribution < 1.29 is 19.7 Å². The largest absolute Gasteiger partial charge is 0.508 e. The molecule has 7 nitrogen and oxygen atoms in total. The zero-order valence-electron chi connectivity index (χ0n) is 23.0. The van der Waals surface area contributed by atoms with Crippen LogP contribution in [0, 0.1) is 5.82 Å². The summed E-state index contributed by atoms with van der Waals surface area (Å²) in [6.07, 6.45) is 4.93. The van der Waals surface area contributed by atoms with Crippen LogP contribution in [0.3, 0.4) is 0 Å². The first kappa shape index (κ1) is 29.6. The molecule has 0 fully saturated rings. The number of hydrogen-bond donors (Lipinski definition) is 3. The number of aromatic nitrogens is 3. The van der Waals surface area contributed by atoms with Gasteiger partial charge in [0, 0.05) is 54.0 Å². The number of benzene rings is 3. The fraction of sp³-hybridized carbons (Fsp3) is 0.156. The average molecular weight is 541 g/mol. The standard InChI is InChI=1S/C12H14N2O.C9H6FNO.C9H7NO.C2H6/c1-3-14(2)12-6-7-13-11-5-4-9(15)8-10(11)12;10-8-3-4-11-9-2-1-6(12)5-7(8)9;11-8-3-4-9-7(6-8)2-1-5-10-9;1-2/h4-8,15H,3H2,1-2H3;1-5,12H;1-6,11H;1-2H3. The second-order valence-electron chi connectivity index (χ2n) is 8.42. The number of nitrogens with zero attached hydrogens (tertiary/aromatic N) is 4. The van der Waals surface area contributed by atoms with Crippen LogP contribution in [-0.2, 0) is 0 Å². The molecule has 3 aromatic heterocycles. The summed E-state index contributed by atoms with van der Waals surface area (Å²) in [5.41, 5.74) is 3.46. The van der Waals surface area contributed by atoms with Crippen LogP contribution in [0.25, 0.3) is 32.7 Å². The minimum Gasteiger partial charge on any atom is -0.508 e. The molecule has 206 valence electrons. The van der Waals surface area contributed by atoms with Crippen LogP contribution in [-0.4, -0.2) is 43.9 Å². The monoisotopic (exact) mass is 540 g/mol. The average Bonchev–Trinajstić information content (AvgIpc) is 2.98. The summed E-state index contributed by atoms with van der Waals surface area (Å²) in [4.78, 5) is 14.4. The third-order valence-electron chi connectivity index (χ3n) is 5.85. The highest BCUT2D eigenvalue weighted by atomic mass is 19.1. The van der Waals surface area contributed by atoms with Crippen molar-refractivity contribution in [2.24, 2.45) is 0 Å². The lowest BCUT2D eigenvalue weighted by atomic mass is 10.1. The molecular weight excluding hydrogens is 507 g/mol. The van der Waals surface area contributed by atoms with Gasteiger partial charge in [0.15, 0.2) is 0 Å². The molecule has 6 aromatic rings. The van der Waals surface area contributed by atoms with E-state index in [1.54, 1.807) is 48.8 Å². The lowest BCUT2D eigenvalue weighted by molar-refractivity contribution is 0.475. The molecule has 0 atom stereocenters. The second kappa shape index (κ2) is 14.2. The van der Waals surface area contributed by atoms with Crippen molar-refractivity contribution in [3.8, 4) is 17.2 Å². The maximum absolute atomic E-state index is 13.0. The van der Waals surface area contributed by atoms with Crippen molar-refractivity contribution in [3.05, 3.63) is 103 Å². The highest BCUT2D eigenvalue weighted by Crippen LogP contribution is 2.27. The fourth-order valence-corrected chi connectivity index (χ4v) is 3.79. The van der Waals surface area contributed by atoms with E-state index in [0.29, 0.717) is 10.9 Å². The fourth-order valence-electron chi connectivity index (χ4n) is 3.79. The Labute approximate surface area is 232 Å². The zero-order valence-corrected chi connectivity index (χ0v) is 23.0. The second-order valence-corrected chi connectivity index (χ2v) is 8.42. The van der Waals surface area contributed by atoms with Crippen molar-refractivity contribution in [2.45, 2.75) is 20.8 Å². The van der Waals surface area contributed by atoms with Crippen molar-refractivity contribution in [1.82, 2.24) is 15.0 Å². The summed E-state index contributed by atoms with van der Waals surface area (Å²) >= 11 is 0. The first-order valence-electron chi connectivity index (χ1n) is 12.9. The Hall–Kier alpha value is -4.98. The number of rotatable bonds is 2. The molecule has 0 spiro atoms. The molecule has 0 saturated carbocycles. The summed E-state index contributed by atoms with van der Waals surface area (Å²) in [6, 6.07) is 21.8. The summed E-state index contributed by atoms with van der Waals surface area (Å²) < 4.78 is 13.0. The smallest absolute Gasteiger partial charge is 0.134 e. The van der Waals surface area contributed by atoms with Gasteiger partial charge in [0.1, 0.15) is 23.1 Å². The molecule has 3 heterocycles. The molecule has 0 aliphatic heterocycles. The minimum absolute atomic E-state index is 0.0504. The Morgan fingerprint density at radius 3 is 1.82 bits per heavy atom. The van der Waals surface area contributed by atoms with Gasteiger partial charge in [0.25, 0.3) is 0 Å². The number of halogens is 1. The molecule has 3 aromatic carbocycles. The van der Waals surface area contributed by atoms with Gasteiger partial charge in [-0.2, -0.15) is 0 Å². The Kier molecular flexibility index (Phi) is 10.5. The lowest BCUT2D eigenvalue weighted by Crippen LogP contribution is -2.16. The SMILES string of the molecule is CC.CCN(C)c1ccnc2ccc(O)cc12.Oc1ccc2nccc(F)c2c1.Oc1ccc2ncccc2c1. The molecule has 0 unspecified atom stereocenters. The molecule has 8 heteroatoms. The van der Waals surface area contributed by atoms with E-state index in [-0.39, 0.29) is 23.1 Å². The maximum Gasteiger partial charge on any atom is 0.134 e. The molecule has 0 radical (unpaired) electrons. The van der Waals surface area contributed by atoms with E-state index < -0.39 is 0 Å². The topological polar surface area (TPSA) is 103 Å². The van der Waals surface area contributed by atoms with E-state index in [1.807, 2.05) is 45.2 Å². The van der Waals surface area contributed by atoms with Gasteiger partial charge >= 0.3 is 0 Å². The van der Waals surface area contributed by atoms with Crippen LogP contribution in [0.5, 0.6) is 17.2 Å². The van der Waals surface area contributed by atoms with Gasteiger partial charge in [-0.3, -0.25) is 15.0 Å². The quantitative estimate of drug-likeness (QED) is 0.210. The van der Waals surface area contributed by atoms with E-state index >= 15 is 0 Å². The van der Waals surface area contributed by atoms with E-state index in [4.69, 9.17) is 10.2 Å². The number of anilines is 1. The van der Waals surface area contributed by atoms with Crippen LogP contribution in [0.15, 0.2) is 97.5 Å². The molecule has 3 N–H and O–H groups in total. The van der Waals surface area contributed by atoms with Gasteiger partial charge in [0.2, 0.25) is 0 Å². The predicted octanol–water partition coefficient (Wildman–Crippen LogP) is 7.44.